The van der Waals surface area contributed by atoms with Gasteiger partial charge in [-0.05, 0) is 42.1 Å². The number of hydrogen-bond acceptors (Lipinski definition) is 6. The van der Waals surface area contributed by atoms with Crippen LogP contribution < -0.4 is 9.73 Å². The molecule has 2 aromatic rings. The van der Waals surface area contributed by atoms with E-state index in [0.717, 1.165) is 56.3 Å². The first-order valence-corrected chi connectivity index (χ1v) is 12.7. The summed E-state index contributed by atoms with van der Waals surface area (Å²) in [6.45, 7) is 12.2. The zero-order chi connectivity index (χ0) is 23.9. The Kier molecular flexibility index (Phi) is 8.45. The molecule has 2 aliphatic heterocycles. The van der Waals surface area contributed by atoms with Gasteiger partial charge >= 0.3 is 0 Å². The molecule has 0 spiro atoms. The number of piperazine rings is 1. The minimum Gasteiger partial charge on any atom is -0.373 e. The number of halogens is 2. The summed E-state index contributed by atoms with van der Waals surface area (Å²) >= 11 is 1.85. The van der Waals surface area contributed by atoms with Gasteiger partial charge in [0.05, 0.1) is 12.3 Å². The summed E-state index contributed by atoms with van der Waals surface area (Å²) in [7, 11) is 0. The van der Waals surface area contributed by atoms with Crippen LogP contribution in [0.5, 0.6) is 0 Å². The van der Waals surface area contributed by atoms with Crippen LogP contribution in [0.25, 0.3) is 0 Å². The molecule has 0 saturated carbocycles. The van der Waals surface area contributed by atoms with Crippen molar-refractivity contribution in [2.24, 2.45) is 5.10 Å². The maximum absolute atomic E-state index is 12.9. The highest BCUT2D eigenvalue weighted by atomic mass is 32.2. The SMILES string of the molecule is C=C(C)N1CCN(CCSN(Cc2ccc(C3=NNC(C(F)F)C3)cc2)c2ccccc2)CC1. The lowest BCUT2D eigenvalue weighted by molar-refractivity contribution is 0.106. The van der Waals surface area contributed by atoms with Gasteiger partial charge in [-0.3, -0.25) is 4.90 Å². The average molecular weight is 486 g/mol. The van der Waals surface area contributed by atoms with E-state index in [1.165, 1.54) is 11.3 Å². The van der Waals surface area contributed by atoms with Crippen molar-refractivity contribution in [3.63, 3.8) is 0 Å². The molecular formula is C26H33F2N5S. The summed E-state index contributed by atoms with van der Waals surface area (Å²) < 4.78 is 28.2. The standard InChI is InChI=1S/C26H33F2N5S/c1-20(2)32-14-12-31(13-15-32)16-17-34-33(23-6-4-3-5-7-23)19-21-8-10-22(11-9-21)24-18-25(26(27)28)30-29-24/h3-11,25-26,30H,1,12-19H2,2H3. The van der Waals surface area contributed by atoms with Gasteiger partial charge in [0.15, 0.2) is 0 Å². The van der Waals surface area contributed by atoms with Crippen LogP contribution in [0.4, 0.5) is 14.5 Å². The van der Waals surface area contributed by atoms with Gasteiger partial charge in [-0.25, -0.2) is 8.78 Å². The molecule has 34 heavy (non-hydrogen) atoms. The van der Waals surface area contributed by atoms with Crippen LogP contribution in [0, 0.1) is 0 Å². The Morgan fingerprint density at radius 1 is 1.12 bits per heavy atom. The number of nitrogens with one attached hydrogen (secondary N) is 1. The van der Waals surface area contributed by atoms with Crippen molar-refractivity contribution < 1.29 is 8.78 Å². The molecule has 0 radical (unpaired) electrons. The van der Waals surface area contributed by atoms with Crippen LogP contribution in [-0.2, 0) is 6.54 Å². The molecule has 2 heterocycles. The number of hydrazone groups is 1. The van der Waals surface area contributed by atoms with Crippen LogP contribution in [0.1, 0.15) is 24.5 Å². The van der Waals surface area contributed by atoms with E-state index in [9.17, 15) is 8.78 Å². The molecule has 2 aliphatic rings. The number of nitrogens with zero attached hydrogens (tertiary/aromatic N) is 4. The summed E-state index contributed by atoms with van der Waals surface area (Å²) in [6.07, 6.45) is -2.16. The molecule has 1 atom stereocenters. The van der Waals surface area contributed by atoms with Crippen molar-refractivity contribution >= 4 is 23.3 Å². The Morgan fingerprint density at radius 3 is 2.44 bits per heavy atom. The van der Waals surface area contributed by atoms with Crippen LogP contribution >= 0.6 is 11.9 Å². The Balaban J connectivity index is 1.33. The fraction of sp³-hybridized carbons (Fsp3) is 0.423. The molecule has 8 heteroatoms. The summed E-state index contributed by atoms with van der Waals surface area (Å²) in [5.41, 5.74) is 7.63. The number of allylic oxidation sites excluding steroid dienone is 1. The molecule has 0 amide bonds. The highest BCUT2D eigenvalue weighted by Gasteiger charge is 2.27. The minimum atomic E-state index is -2.41. The number of alkyl halides is 2. The lowest BCUT2D eigenvalue weighted by Crippen LogP contribution is -2.46. The summed E-state index contributed by atoms with van der Waals surface area (Å²) in [4.78, 5) is 4.87. The number of anilines is 1. The molecule has 182 valence electrons. The number of benzene rings is 2. The van der Waals surface area contributed by atoms with Crippen molar-refractivity contribution in [2.75, 3.05) is 42.8 Å². The number of para-hydroxylation sites is 1. The zero-order valence-corrected chi connectivity index (χ0v) is 20.5. The number of rotatable bonds is 10. The molecule has 2 aromatic carbocycles. The molecule has 1 unspecified atom stereocenters. The zero-order valence-electron chi connectivity index (χ0n) is 19.7. The average Bonchev–Trinajstić information content (AvgIpc) is 3.36. The van der Waals surface area contributed by atoms with Crippen molar-refractivity contribution in [3.8, 4) is 0 Å². The highest BCUT2D eigenvalue weighted by Crippen LogP contribution is 2.26. The van der Waals surface area contributed by atoms with Crippen molar-refractivity contribution in [2.45, 2.75) is 32.4 Å². The first-order chi connectivity index (χ1) is 16.5. The third kappa shape index (κ3) is 6.51. The third-order valence-electron chi connectivity index (χ3n) is 6.31. The van der Waals surface area contributed by atoms with Gasteiger partial charge in [0.1, 0.15) is 6.04 Å². The van der Waals surface area contributed by atoms with Crippen LogP contribution in [0.15, 0.2) is 72.0 Å². The molecule has 1 N–H and O–H groups in total. The van der Waals surface area contributed by atoms with Crippen molar-refractivity contribution in [1.29, 1.82) is 0 Å². The number of hydrogen-bond donors (Lipinski definition) is 1. The van der Waals surface area contributed by atoms with Crippen molar-refractivity contribution in [1.82, 2.24) is 15.2 Å². The second-order valence-electron chi connectivity index (χ2n) is 8.80. The quantitative estimate of drug-likeness (QED) is 0.488. The van der Waals surface area contributed by atoms with Gasteiger partial charge in [-0.2, -0.15) is 5.10 Å². The van der Waals surface area contributed by atoms with Crippen LogP contribution in [-0.4, -0.2) is 66.5 Å². The van der Waals surface area contributed by atoms with Crippen LogP contribution in [0.3, 0.4) is 0 Å². The monoisotopic (exact) mass is 485 g/mol. The Morgan fingerprint density at radius 2 is 1.82 bits per heavy atom. The molecule has 5 nitrogen and oxygen atoms in total. The molecule has 0 bridgehead atoms. The van der Waals surface area contributed by atoms with Gasteiger partial charge in [-0.1, -0.05) is 49.0 Å². The van der Waals surface area contributed by atoms with Gasteiger partial charge < -0.3 is 14.6 Å². The van der Waals surface area contributed by atoms with E-state index in [0.29, 0.717) is 5.71 Å². The molecule has 0 aliphatic carbocycles. The summed E-state index contributed by atoms with van der Waals surface area (Å²) in [6, 6.07) is 17.7. The normalized spacial score (nSPS) is 18.6. The first kappa shape index (κ1) is 24.5. The fourth-order valence-corrected chi connectivity index (χ4v) is 5.27. The van der Waals surface area contributed by atoms with E-state index in [1.807, 2.05) is 30.1 Å². The smallest absolute Gasteiger partial charge is 0.260 e. The van der Waals surface area contributed by atoms with E-state index >= 15 is 0 Å². The lowest BCUT2D eigenvalue weighted by atomic mass is 10.0. The molecule has 0 aromatic heterocycles. The lowest BCUT2D eigenvalue weighted by Gasteiger charge is -2.36. The molecular weight excluding hydrogens is 452 g/mol. The molecule has 4 rings (SSSR count). The van der Waals surface area contributed by atoms with Gasteiger partial charge in [-0.15, -0.1) is 0 Å². The molecule has 1 saturated heterocycles. The van der Waals surface area contributed by atoms with Gasteiger partial charge in [0, 0.05) is 56.3 Å². The Labute approximate surface area is 205 Å². The van der Waals surface area contributed by atoms with E-state index in [-0.39, 0.29) is 6.42 Å². The largest absolute Gasteiger partial charge is 0.373 e. The predicted molar refractivity (Wildman–Crippen MR) is 138 cm³/mol. The van der Waals surface area contributed by atoms with Crippen LogP contribution in [0.2, 0.25) is 0 Å². The highest BCUT2D eigenvalue weighted by molar-refractivity contribution is 8.00. The Bertz CT molecular complexity index is 959. The second kappa shape index (κ2) is 11.7. The van der Waals surface area contributed by atoms with E-state index in [4.69, 9.17) is 0 Å². The summed E-state index contributed by atoms with van der Waals surface area (Å²) in [5, 5.41) is 4.11. The van der Waals surface area contributed by atoms with Crippen molar-refractivity contribution in [3.05, 3.63) is 78.0 Å². The maximum atomic E-state index is 12.9. The van der Waals surface area contributed by atoms with Gasteiger partial charge in [0.2, 0.25) is 0 Å². The first-order valence-electron chi connectivity index (χ1n) is 11.8. The predicted octanol–water partition coefficient (Wildman–Crippen LogP) is 4.82. The fourth-order valence-electron chi connectivity index (χ4n) is 4.20. The summed E-state index contributed by atoms with van der Waals surface area (Å²) in [5.74, 6) is 1.01. The maximum Gasteiger partial charge on any atom is 0.260 e. The van der Waals surface area contributed by atoms with E-state index in [1.54, 1.807) is 0 Å². The second-order valence-corrected chi connectivity index (χ2v) is 9.91. The third-order valence-corrected chi connectivity index (χ3v) is 7.32. The van der Waals surface area contributed by atoms with E-state index < -0.39 is 12.5 Å². The van der Waals surface area contributed by atoms with E-state index in [2.05, 4.69) is 74.5 Å². The molecule has 1 fully saturated rings. The van der Waals surface area contributed by atoms with Gasteiger partial charge in [0.25, 0.3) is 6.43 Å². The Hall–Kier alpha value is -2.58. The minimum absolute atomic E-state index is 0.254. The topological polar surface area (TPSA) is 34.1 Å².